The first-order valence-corrected chi connectivity index (χ1v) is 10.1. The fourth-order valence-corrected chi connectivity index (χ4v) is 3.57. The van der Waals surface area contributed by atoms with Crippen molar-refractivity contribution >= 4 is 17.5 Å². The molecule has 29 heavy (non-hydrogen) atoms. The molecule has 1 aliphatic heterocycles. The summed E-state index contributed by atoms with van der Waals surface area (Å²) in [6.45, 7) is 7.64. The van der Waals surface area contributed by atoms with Crippen LogP contribution in [0.2, 0.25) is 0 Å². The summed E-state index contributed by atoms with van der Waals surface area (Å²) in [5, 5.41) is 5.80. The second-order valence-electron chi connectivity index (χ2n) is 7.52. The lowest BCUT2D eigenvalue weighted by molar-refractivity contribution is -0.0680. The molecule has 0 unspecified atom stereocenters. The number of rotatable bonds is 7. The number of nitrogens with zero attached hydrogens (tertiary/aromatic N) is 1. The Morgan fingerprint density at radius 2 is 1.55 bits per heavy atom. The van der Waals surface area contributed by atoms with Crippen molar-refractivity contribution < 1.29 is 14.3 Å². The van der Waals surface area contributed by atoms with E-state index in [0.717, 1.165) is 26.1 Å². The average Bonchev–Trinajstić information content (AvgIpc) is 2.71. The van der Waals surface area contributed by atoms with Gasteiger partial charge in [0.1, 0.15) is 0 Å². The Kier molecular flexibility index (Phi) is 7.38. The molecule has 3 rings (SSSR count). The third-order valence-electron chi connectivity index (χ3n) is 4.87. The van der Waals surface area contributed by atoms with E-state index in [1.165, 1.54) is 0 Å². The number of hydrogen-bond donors (Lipinski definition) is 2. The number of anilines is 1. The Morgan fingerprint density at radius 3 is 2.21 bits per heavy atom. The zero-order chi connectivity index (χ0) is 20.6. The summed E-state index contributed by atoms with van der Waals surface area (Å²) in [5.41, 5.74) is 1.83. The average molecular weight is 396 g/mol. The molecule has 6 nitrogen and oxygen atoms in total. The molecule has 154 valence electrons. The van der Waals surface area contributed by atoms with Crippen molar-refractivity contribution in [3.05, 3.63) is 65.7 Å². The van der Waals surface area contributed by atoms with E-state index in [4.69, 9.17) is 4.74 Å². The van der Waals surface area contributed by atoms with E-state index in [1.807, 2.05) is 18.2 Å². The quantitative estimate of drug-likeness (QED) is 0.707. The lowest BCUT2D eigenvalue weighted by Gasteiger charge is -2.35. The molecule has 6 heteroatoms. The van der Waals surface area contributed by atoms with Crippen molar-refractivity contribution in [2.45, 2.75) is 32.5 Å². The topological polar surface area (TPSA) is 70.7 Å². The van der Waals surface area contributed by atoms with Crippen LogP contribution in [0.3, 0.4) is 0 Å². The van der Waals surface area contributed by atoms with Gasteiger partial charge in [-0.1, -0.05) is 18.2 Å². The van der Waals surface area contributed by atoms with E-state index in [1.54, 1.807) is 36.4 Å². The minimum absolute atomic E-state index is 0.102. The van der Waals surface area contributed by atoms with Gasteiger partial charge in [0.15, 0.2) is 0 Å². The Morgan fingerprint density at radius 1 is 0.931 bits per heavy atom. The normalized spacial score (nSPS) is 19.5. The van der Waals surface area contributed by atoms with E-state index >= 15 is 0 Å². The smallest absolute Gasteiger partial charge is 0.255 e. The van der Waals surface area contributed by atoms with Gasteiger partial charge >= 0.3 is 0 Å². The fraction of sp³-hybridized carbons (Fsp3) is 0.391. The maximum absolute atomic E-state index is 12.3. The molecule has 1 aliphatic rings. The summed E-state index contributed by atoms with van der Waals surface area (Å²) >= 11 is 0. The third-order valence-corrected chi connectivity index (χ3v) is 4.87. The molecule has 0 spiro atoms. The van der Waals surface area contributed by atoms with Crippen molar-refractivity contribution in [3.63, 3.8) is 0 Å². The zero-order valence-corrected chi connectivity index (χ0v) is 17.1. The van der Waals surface area contributed by atoms with Crippen molar-refractivity contribution in [1.82, 2.24) is 10.2 Å². The third kappa shape index (κ3) is 6.41. The predicted octanol–water partition coefficient (Wildman–Crippen LogP) is 3.17. The maximum Gasteiger partial charge on any atom is 0.255 e. The lowest BCUT2D eigenvalue weighted by atomic mass is 10.1. The minimum Gasteiger partial charge on any atom is -0.373 e. The summed E-state index contributed by atoms with van der Waals surface area (Å²) in [6.07, 6.45) is 1.42. The Bertz CT molecular complexity index is 798. The largest absolute Gasteiger partial charge is 0.373 e. The van der Waals surface area contributed by atoms with Gasteiger partial charge < -0.3 is 15.4 Å². The van der Waals surface area contributed by atoms with Crippen LogP contribution in [-0.4, -0.2) is 55.1 Å². The van der Waals surface area contributed by atoms with Gasteiger partial charge in [0.05, 0.1) is 12.2 Å². The van der Waals surface area contributed by atoms with Crippen LogP contribution >= 0.6 is 0 Å². The minimum atomic E-state index is -0.172. The van der Waals surface area contributed by atoms with Gasteiger partial charge in [-0.15, -0.1) is 0 Å². The molecule has 2 amide bonds. The van der Waals surface area contributed by atoms with E-state index in [9.17, 15) is 9.59 Å². The van der Waals surface area contributed by atoms with E-state index < -0.39 is 0 Å². The van der Waals surface area contributed by atoms with Gasteiger partial charge in [-0.3, -0.25) is 14.5 Å². The van der Waals surface area contributed by atoms with Crippen LogP contribution in [0.15, 0.2) is 54.6 Å². The van der Waals surface area contributed by atoms with Crippen molar-refractivity contribution in [3.8, 4) is 0 Å². The molecular weight excluding hydrogens is 366 g/mol. The van der Waals surface area contributed by atoms with E-state index in [0.29, 0.717) is 23.4 Å². The summed E-state index contributed by atoms with van der Waals surface area (Å²) in [6, 6.07) is 16.0. The van der Waals surface area contributed by atoms with Crippen LogP contribution in [0.5, 0.6) is 0 Å². The van der Waals surface area contributed by atoms with Crippen molar-refractivity contribution in [2.24, 2.45) is 0 Å². The monoisotopic (exact) mass is 395 g/mol. The van der Waals surface area contributed by atoms with Gasteiger partial charge in [-0.05, 0) is 56.7 Å². The number of benzene rings is 2. The van der Waals surface area contributed by atoms with Gasteiger partial charge in [-0.2, -0.15) is 0 Å². The Balaban J connectivity index is 1.41. The highest BCUT2D eigenvalue weighted by Gasteiger charge is 2.21. The second kappa shape index (κ2) is 10.2. The summed E-state index contributed by atoms with van der Waals surface area (Å²) in [5.74, 6) is -0.274. The number of hydrogen-bond acceptors (Lipinski definition) is 4. The standard InChI is InChI=1S/C23H29N3O3/c1-17-15-26(16-18(2)29-17)14-6-13-24-22(27)20-9-11-21(12-10-20)25-23(28)19-7-4-3-5-8-19/h3-5,7-12,17-18H,6,13-16H2,1-2H3,(H,24,27)(H,25,28)/t17-,18-/m1/s1. The van der Waals surface area contributed by atoms with Crippen LogP contribution in [0, 0.1) is 0 Å². The highest BCUT2D eigenvalue weighted by Crippen LogP contribution is 2.12. The number of carbonyl (C=O) groups is 2. The first kappa shape index (κ1) is 21.0. The van der Waals surface area contributed by atoms with Gasteiger partial charge in [0.2, 0.25) is 0 Å². The van der Waals surface area contributed by atoms with E-state index in [2.05, 4.69) is 29.4 Å². The lowest BCUT2D eigenvalue weighted by Crippen LogP contribution is -2.46. The molecular formula is C23H29N3O3. The molecule has 1 heterocycles. The fourth-order valence-electron chi connectivity index (χ4n) is 3.57. The first-order valence-electron chi connectivity index (χ1n) is 10.1. The molecule has 2 N–H and O–H groups in total. The molecule has 0 radical (unpaired) electrons. The number of carbonyl (C=O) groups excluding carboxylic acids is 2. The summed E-state index contributed by atoms with van der Waals surface area (Å²) in [4.78, 5) is 26.9. The van der Waals surface area contributed by atoms with Crippen LogP contribution in [0.25, 0.3) is 0 Å². The Hall–Kier alpha value is -2.70. The maximum atomic E-state index is 12.3. The Labute approximate surface area is 172 Å². The predicted molar refractivity (Wildman–Crippen MR) is 114 cm³/mol. The first-order chi connectivity index (χ1) is 14.0. The zero-order valence-electron chi connectivity index (χ0n) is 17.1. The number of ether oxygens (including phenoxy) is 1. The molecule has 0 aromatic heterocycles. The highest BCUT2D eigenvalue weighted by molar-refractivity contribution is 6.04. The SMILES string of the molecule is C[C@@H]1CN(CCCNC(=O)c2ccc(NC(=O)c3ccccc3)cc2)C[C@@H](C)O1. The molecule has 0 bridgehead atoms. The van der Waals surface area contributed by atoms with Crippen molar-refractivity contribution in [1.29, 1.82) is 0 Å². The van der Waals surface area contributed by atoms with Crippen LogP contribution in [-0.2, 0) is 4.74 Å². The molecule has 2 aromatic carbocycles. The molecule has 2 aromatic rings. The molecule has 2 atom stereocenters. The number of morpholine rings is 1. The molecule has 0 saturated carbocycles. The van der Waals surface area contributed by atoms with Crippen LogP contribution < -0.4 is 10.6 Å². The van der Waals surface area contributed by atoms with Gasteiger partial charge in [0, 0.05) is 43.0 Å². The van der Waals surface area contributed by atoms with E-state index in [-0.39, 0.29) is 24.0 Å². The molecule has 1 saturated heterocycles. The highest BCUT2D eigenvalue weighted by atomic mass is 16.5. The summed E-state index contributed by atoms with van der Waals surface area (Å²) < 4.78 is 5.74. The van der Waals surface area contributed by atoms with Gasteiger partial charge in [-0.25, -0.2) is 0 Å². The second-order valence-corrected chi connectivity index (χ2v) is 7.52. The molecule has 1 fully saturated rings. The van der Waals surface area contributed by atoms with Crippen molar-refractivity contribution in [2.75, 3.05) is 31.5 Å². The molecule has 0 aliphatic carbocycles. The summed E-state index contributed by atoms with van der Waals surface area (Å²) in [7, 11) is 0. The number of amides is 2. The van der Waals surface area contributed by atoms with Gasteiger partial charge in [0.25, 0.3) is 11.8 Å². The van der Waals surface area contributed by atoms with Crippen LogP contribution in [0.4, 0.5) is 5.69 Å². The van der Waals surface area contributed by atoms with Crippen LogP contribution in [0.1, 0.15) is 41.0 Å². The number of nitrogens with one attached hydrogen (secondary N) is 2.